The largest absolute Gasteiger partial charge is 0.382 e. The fourth-order valence-electron chi connectivity index (χ4n) is 3.93. The zero-order valence-corrected chi connectivity index (χ0v) is 19.9. The van der Waals surface area contributed by atoms with Crippen molar-refractivity contribution in [1.29, 1.82) is 0 Å². The second-order valence-electron chi connectivity index (χ2n) is 8.25. The number of anilines is 2. The summed E-state index contributed by atoms with van der Waals surface area (Å²) in [4.78, 5) is 30.6. The Hall–Kier alpha value is -5.10. The molecule has 3 heterocycles. The molecule has 5 aromatic rings. The van der Waals surface area contributed by atoms with Gasteiger partial charge in [-0.1, -0.05) is 36.3 Å². The number of fused-ring (bicyclic) bond motifs is 1. The summed E-state index contributed by atoms with van der Waals surface area (Å²) >= 11 is 0. The average molecular weight is 492 g/mol. The second kappa shape index (κ2) is 10.3. The van der Waals surface area contributed by atoms with Gasteiger partial charge in [-0.2, -0.15) is 0 Å². The molecule has 5 rings (SSSR count). The van der Waals surface area contributed by atoms with Crippen molar-refractivity contribution in [2.24, 2.45) is 0 Å². The molecule has 0 unspecified atom stereocenters. The number of nitrogens with zero attached hydrogens (tertiary/aromatic N) is 5. The number of aryl methyl sites for hydroxylation is 1. The molecule has 0 aliphatic rings. The molecule has 182 valence electrons. The molecule has 3 aromatic heterocycles. The van der Waals surface area contributed by atoms with Crippen molar-refractivity contribution in [1.82, 2.24) is 24.5 Å². The summed E-state index contributed by atoms with van der Waals surface area (Å²) in [7, 11) is 0. The summed E-state index contributed by atoms with van der Waals surface area (Å²) in [6, 6.07) is 17.8. The summed E-state index contributed by atoms with van der Waals surface area (Å²) in [5, 5.41) is 3.81. The van der Waals surface area contributed by atoms with Gasteiger partial charge in [-0.05, 0) is 48.7 Å². The predicted octanol–water partition coefficient (Wildman–Crippen LogP) is 3.65. The highest BCUT2D eigenvalue weighted by Crippen LogP contribution is 2.18. The lowest BCUT2D eigenvalue weighted by Crippen LogP contribution is -2.25. The van der Waals surface area contributed by atoms with E-state index in [-0.39, 0.29) is 11.4 Å². The molecule has 2 aromatic carbocycles. The smallest absolute Gasteiger partial charge is 0.265 e. The van der Waals surface area contributed by atoms with Gasteiger partial charge in [-0.25, -0.2) is 24.3 Å². The minimum absolute atomic E-state index is 0.125. The van der Waals surface area contributed by atoms with E-state index in [2.05, 4.69) is 32.1 Å². The van der Waals surface area contributed by atoms with Gasteiger partial charge in [0, 0.05) is 13.0 Å². The molecule has 3 N–H and O–H groups in total. The predicted molar refractivity (Wildman–Crippen MR) is 141 cm³/mol. The van der Waals surface area contributed by atoms with Gasteiger partial charge >= 0.3 is 0 Å². The lowest BCUT2D eigenvalue weighted by molar-refractivity contribution is 0.621. The molecule has 37 heavy (non-hydrogen) atoms. The first-order valence-corrected chi connectivity index (χ1v) is 11.6. The number of hydrogen-bond acceptors (Lipinski definition) is 7. The van der Waals surface area contributed by atoms with Crippen molar-refractivity contribution in [3.05, 3.63) is 112 Å². The Bertz CT molecular complexity index is 1710. The maximum absolute atomic E-state index is 13.5. The van der Waals surface area contributed by atoms with Crippen LogP contribution in [0.1, 0.15) is 22.6 Å². The van der Waals surface area contributed by atoms with Gasteiger partial charge < -0.3 is 11.1 Å². The number of pyridine rings is 1. The van der Waals surface area contributed by atoms with Gasteiger partial charge in [-0.3, -0.25) is 9.36 Å². The van der Waals surface area contributed by atoms with Gasteiger partial charge in [0.1, 0.15) is 40.9 Å². The monoisotopic (exact) mass is 491 g/mol. The average Bonchev–Trinajstić information content (AvgIpc) is 2.90. The third-order valence-corrected chi connectivity index (χ3v) is 5.75. The molecule has 0 radical (unpaired) electrons. The van der Waals surface area contributed by atoms with Crippen LogP contribution in [0.5, 0.6) is 0 Å². The third-order valence-electron chi connectivity index (χ3n) is 5.75. The number of benzene rings is 2. The van der Waals surface area contributed by atoms with Crippen LogP contribution in [0.25, 0.3) is 16.6 Å². The number of nitrogen functional groups attached to an aromatic ring is 1. The number of halogens is 1. The fourth-order valence-corrected chi connectivity index (χ4v) is 3.93. The summed E-state index contributed by atoms with van der Waals surface area (Å²) < 4.78 is 14.8. The zero-order chi connectivity index (χ0) is 25.8. The quantitative estimate of drug-likeness (QED) is 0.361. The minimum atomic E-state index is -0.443. The highest BCUT2D eigenvalue weighted by molar-refractivity contribution is 5.81. The Balaban J connectivity index is 1.46. The number of nitrogens with one attached hydrogen (secondary N) is 1. The molecule has 0 aliphatic heterocycles. The van der Waals surface area contributed by atoms with Crippen LogP contribution >= 0.6 is 0 Å². The molecule has 0 amide bonds. The number of aromatic nitrogens is 5. The van der Waals surface area contributed by atoms with E-state index in [1.165, 1.54) is 18.5 Å². The molecule has 0 spiro atoms. The highest BCUT2D eigenvalue weighted by Gasteiger charge is 2.14. The minimum Gasteiger partial charge on any atom is -0.382 e. The Morgan fingerprint density at radius 1 is 1.00 bits per heavy atom. The first-order chi connectivity index (χ1) is 18.0. The van der Waals surface area contributed by atoms with Crippen molar-refractivity contribution in [3.63, 3.8) is 0 Å². The maximum atomic E-state index is 13.5. The van der Waals surface area contributed by atoms with E-state index >= 15 is 0 Å². The Morgan fingerprint density at radius 3 is 2.62 bits per heavy atom. The Labute approximate surface area is 212 Å². The number of para-hydroxylation sites is 2. The SMILES string of the molecule is Cc1cccc2c(=O)n(-c3ccccc3)c(CCNc3ncnc(N)c3C#Cc3ccc(F)cn3)nc12. The van der Waals surface area contributed by atoms with E-state index in [0.717, 1.165) is 17.4 Å². The van der Waals surface area contributed by atoms with Gasteiger partial charge in [0.2, 0.25) is 0 Å². The standard InChI is InChI=1S/C28H22FN7O/c1-18-6-5-9-22-25(18)35-24(36(28(22)37)21-7-3-2-4-8-21)14-15-31-27-23(26(30)33-17-34-27)13-12-20-11-10-19(29)16-32-20/h2-11,16-17H,14-15H2,1H3,(H3,30,31,33,34). The van der Waals surface area contributed by atoms with E-state index < -0.39 is 5.82 Å². The van der Waals surface area contributed by atoms with Crippen molar-refractivity contribution in [3.8, 4) is 17.5 Å². The molecule has 0 aliphatic carbocycles. The molecule has 0 fully saturated rings. The topological polar surface area (TPSA) is 112 Å². The molecular weight excluding hydrogens is 469 g/mol. The van der Waals surface area contributed by atoms with Crippen LogP contribution in [0.2, 0.25) is 0 Å². The summed E-state index contributed by atoms with van der Waals surface area (Å²) in [6.45, 7) is 2.34. The van der Waals surface area contributed by atoms with Gasteiger partial charge in [-0.15, -0.1) is 0 Å². The van der Waals surface area contributed by atoms with E-state index in [9.17, 15) is 9.18 Å². The Morgan fingerprint density at radius 2 is 1.84 bits per heavy atom. The van der Waals surface area contributed by atoms with Crippen molar-refractivity contribution >= 4 is 22.5 Å². The van der Waals surface area contributed by atoms with Crippen LogP contribution in [0.4, 0.5) is 16.0 Å². The van der Waals surface area contributed by atoms with Crippen LogP contribution in [-0.2, 0) is 6.42 Å². The molecule has 0 atom stereocenters. The fraction of sp³-hybridized carbons (Fsp3) is 0.107. The summed E-state index contributed by atoms with van der Waals surface area (Å²) in [5.74, 6) is 6.59. The van der Waals surface area contributed by atoms with Crippen LogP contribution < -0.4 is 16.6 Å². The van der Waals surface area contributed by atoms with Crippen LogP contribution in [0.15, 0.2) is 78.0 Å². The molecular formula is C28H22FN7O. The van der Waals surface area contributed by atoms with Gasteiger partial charge in [0.05, 0.1) is 22.8 Å². The van der Waals surface area contributed by atoms with E-state index in [1.807, 2.05) is 49.4 Å². The lowest BCUT2D eigenvalue weighted by atomic mass is 10.1. The molecule has 0 bridgehead atoms. The lowest BCUT2D eigenvalue weighted by Gasteiger charge is -2.15. The number of nitrogens with two attached hydrogens (primary N) is 1. The van der Waals surface area contributed by atoms with Crippen LogP contribution in [0.3, 0.4) is 0 Å². The van der Waals surface area contributed by atoms with Crippen molar-refractivity contribution in [2.45, 2.75) is 13.3 Å². The van der Waals surface area contributed by atoms with Crippen LogP contribution in [-0.4, -0.2) is 31.0 Å². The van der Waals surface area contributed by atoms with E-state index in [0.29, 0.717) is 46.8 Å². The summed E-state index contributed by atoms with van der Waals surface area (Å²) in [5.41, 5.74) is 9.07. The van der Waals surface area contributed by atoms with E-state index in [1.54, 1.807) is 10.6 Å². The Kier molecular flexibility index (Phi) is 6.55. The van der Waals surface area contributed by atoms with Crippen LogP contribution in [0, 0.1) is 24.6 Å². The second-order valence-corrected chi connectivity index (χ2v) is 8.25. The maximum Gasteiger partial charge on any atom is 0.265 e. The number of hydrogen-bond donors (Lipinski definition) is 2. The van der Waals surface area contributed by atoms with Crippen molar-refractivity contribution in [2.75, 3.05) is 17.6 Å². The normalized spacial score (nSPS) is 10.6. The molecule has 8 nitrogen and oxygen atoms in total. The first-order valence-electron chi connectivity index (χ1n) is 11.6. The first kappa shape index (κ1) is 23.6. The van der Waals surface area contributed by atoms with Crippen molar-refractivity contribution < 1.29 is 4.39 Å². The van der Waals surface area contributed by atoms with Gasteiger partial charge in [0.25, 0.3) is 5.56 Å². The highest BCUT2D eigenvalue weighted by atomic mass is 19.1. The molecule has 0 saturated heterocycles. The van der Waals surface area contributed by atoms with E-state index in [4.69, 9.17) is 10.7 Å². The molecule has 9 heteroatoms. The molecule has 0 saturated carbocycles. The third kappa shape index (κ3) is 4.99. The summed E-state index contributed by atoms with van der Waals surface area (Å²) in [6.07, 6.45) is 2.86. The van der Waals surface area contributed by atoms with Gasteiger partial charge in [0.15, 0.2) is 0 Å². The number of rotatable bonds is 5. The zero-order valence-electron chi connectivity index (χ0n) is 19.9.